The molecule has 1 aliphatic heterocycles. The fourth-order valence-corrected chi connectivity index (χ4v) is 4.19. The summed E-state index contributed by atoms with van der Waals surface area (Å²) >= 11 is 5.67. The number of carbonyl (C=O) groups is 1. The first-order valence-electron chi connectivity index (χ1n) is 7.30. The maximum absolute atomic E-state index is 12.7. The molecular weight excluding hydrogens is 342 g/mol. The summed E-state index contributed by atoms with van der Waals surface area (Å²) in [5.74, 6) is 0. The minimum atomic E-state index is -3.68. The molecule has 0 saturated carbocycles. The van der Waals surface area contributed by atoms with Crippen molar-refractivity contribution < 1.29 is 17.9 Å². The lowest BCUT2D eigenvalue weighted by atomic mass is 10.1. The first-order chi connectivity index (χ1) is 10.6. The third-order valence-corrected chi connectivity index (χ3v) is 5.62. The summed E-state index contributed by atoms with van der Waals surface area (Å²) in [6.45, 7) is 5.87. The number of ether oxygens (including phenoxy) is 1. The van der Waals surface area contributed by atoms with Gasteiger partial charge in [-0.2, -0.15) is 0 Å². The van der Waals surface area contributed by atoms with Gasteiger partial charge in [-0.25, -0.2) is 23.2 Å². The molecule has 0 unspecified atom stereocenters. The number of sulfone groups is 1. The van der Waals surface area contributed by atoms with Crippen molar-refractivity contribution in [1.82, 2.24) is 14.9 Å². The number of rotatable bonds is 2. The van der Waals surface area contributed by atoms with Gasteiger partial charge in [0.1, 0.15) is 5.60 Å². The van der Waals surface area contributed by atoms with Crippen LogP contribution in [0.1, 0.15) is 33.6 Å². The SMILES string of the molecule is CC(C)(C)OC(=O)N1CCC[C@@H](S(=O)(=O)c2ccnc(Cl)n2)C1. The van der Waals surface area contributed by atoms with Gasteiger partial charge < -0.3 is 9.64 Å². The summed E-state index contributed by atoms with van der Waals surface area (Å²) in [5.41, 5.74) is -0.622. The van der Waals surface area contributed by atoms with Gasteiger partial charge >= 0.3 is 6.09 Å². The van der Waals surface area contributed by atoms with Crippen LogP contribution in [0.4, 0.5) is 4.79 Å². The number of amides is 1. The van der Waals surface area contributed by atoms with Gasteiger partial charge in [0, 0.05) is 19.3 Å². The van der Waals surface area contributed by atoms with E-state index < -0.39 is 26.8 Å². The average Bonchev–Trinajstić information content (AvgIpc) is 2.45. The number of likely N-dealkylation sites (tertiary alicyclic amines) is 1. The smallest absolute Gasteiger partial charge is 0.410 e. The standard InChI is InChI=1S/C14H20ClN3O4S/c1-14(2,3)22-13(19)18-8-4-5-10(9-18)23(20,21)11-6-7-16-12(15)17-11/h6-7,10H,4-5,8-9H2,1-3H3/t10-/m1/s1. The summed E-state index contributed by atoms with van der Waals surface area (Å²) in [5, 5.41) is -0.964. The third kappa shape index (κ3) is 4.54. The van der Waals surface area contributed by atoms with Gasteiger partial charge in [0.05, 0.1) is 5.25 Å². The van der Waals surface area contributed by atoms with Gasteiger partial charge in [-0.1, -0.05) is 0 Å². The molecule has 0 aliphatic carbocycles. The molecule has 0 bridgehead atoms. The Balaban J connectivity index is 2.16. The summed E-state index contributed by atoms with van der Waals surface area (Å²) < 4.78 is 30.6. The summed E-state index contributed by atoms with van der Waals surface area (Å²) in [6, 6.07) is 1.31. The largest absolute Gasteiger partial charge is 0.444 e. The first kappa shape index (κ1) is 17.9. The Bertz CT molecular complexity index is 688. The Morgan fingerprint density at radius 2 is 2.13 bits per heavy atom. The van der Waals surface area contributed by atoms with Gasteiger partial charge in [0.15, 0.2) is 14.9 Å². The van der Waals surface area contributed by atoms with Gasteiger partial charge in [0.25, 0.3) is 0 Å². The lowest BCUT2D eigenvalue weighted by molar-refractivity contribution is 0.0219. The highest BCUT2D eigenvalue weighted by Gasteiger charge is 2.36. The van der Waals surface area contributed by atoms with Crippen molar-refractivity contribution in [2.75, 3.05) is 13.1 Å². The van der Waals surface area contributed by atoms with Crippen LogP contribution in [0.2, 0.25) is 5.28 Å². The van der Waals surface area contributed by atoms with Crippen molar-refractivity contribution >= 4 is 27.5 Å². The summed E-state index contributed by atoms with van der Waals surface area (Å²) in [4.78, 5) is 21.0. The van der Waals surface area contributed by atoms with E-state index in [1.807, 2.05) is 0 Å². The van der Waals surface area contributed by atoms with E-state index in [0.29, 0.717) is 19.4 Å². The third-order valence-electron chi connectivity index (χ3n) is 3.36. The van der Waals surface area contributed by atoms with Crippen LogP contribution in [0.5, 0.6) is 0 Å². The Labute approximate surface area is 140 Å². The molecule has 2 rings (SSSR count). The molecule has 0 aromatic carbocycles. The number of carbonyl (C=O) groups excluding carboxylic acids is 1. The molecule has 1 atom stereocenters. The molecule has 7 nitrogen and oxygen atoms in total. The number of hydrogen-bond acceptors (Lipinski definition) is 6. The Morgan fingerprint density at radius 1 is 1.43 bits per heavy atom. The maximum Gasteiger partial charge on any atom is 0.410 e. The van der Waals surface area contributed by atoms with Crippen LogP contribution in [0.3, 0.4) is 0 Å². The minimum absolute atomic E-state index is 0.0822. The van der Waals surface area contributed by atoms with Crippen LogP contribution < -0.4 is 0 Å². The number of piperidine rings is 1. The lowest BCUT2D eigenvalue weighted by Crippen LogP contribution is -2.47. The molecular formula is C14H20ClN3O4S. The molecule has 128 valence electrons. The molecule has 1 aromatic heterocycles. The molecule has 0 spiro atoms. The van der Waals surface area contributed by atoms with Crippen molar-refractivity contribution in [3.8, 4) is 0 Å². The highest BCUT2D eigenvalue weighted by atomic mass is 35.5. The predicted molar refractivity (Wildman–Crippen MR) is 85.1 cm³/mol. The molecule has 1 aliphatic rings. The van der Waals surface area contributed by atoms with E-state index in [1.54, 1.807) is 20.8 Å². The normalized spacial score (nSPS) is 19.5. The van der Waals surface area contributed by atoms with Gasteiger partial charge in [0.2, 0.25) is 5.28 Å². The zero-order valence-electron chi connectivity index (χ0n) is 13.3. The summed E-state index contributed by atoms with van der Waals surface area (Å²) in [7, 11) is -3.68. The molecule has 9 heteroatoms. The van der Waals surface area contributed by atoms with Crippen LogP contribution in [0.15, 0.2) is 17.3 Å². The molecule has 23 heavy (non-hydrogen) atoms. The van der Waals surface area contributed by atoms with Crippen molar-refractivity contribution in [3.63, 3.8) is 0 Å². The van der Waals surface area contributed by atoms with E-state index >= 15 is 0 Å². The second kappa shape index (κ2) is 6.60. The Hall–Kier alpha value is -1.41. The van der Waals surface area contributed by atoms with Crippen LogP contribution in [-0.2, 0) is 14.6 Å². The van der Waals surface area contributed by atoms with E-state index in [2.05, 4.69) is 9.97 Å². The topological polar surface area (TPSA) is 89.5 Å². The second-order valence-electron chi connectivity index (χ2n) is 6.40. The number of halogens is 1. The van der Waals surface area contributed by atoms with Crippen molar-refractivity contribution in [2.24, 2.45) is 0 Å². The van der Waals surface area contributed by atoms with E-state index in [-0.39, 0.29) is 16.9 Å². The first-order valence-corrected chi connectivity index (χ1v) is 9.22. The number of hydrogen-bond donors (Lipinski definition) is 0. The fourth-order valence-electron chi connectivity index (χ4n) is 2.33. The average molecular weight is 362 g/mol. The number of aromatic nitrogens is 2. The molecule has 1 aromatic rings. The highest BCUT2D eigenvalue weighted by molar-refractivity contribution is 7.92. The molecule has 1 saturated heterocycles. The quantitative estimate of drug-likeness (QED) is 0.593. The van der Waals surface area contributed by atoms with Crippen LogP contribution in [-0.4, -0.2) is 53.3 Å². The molecule has 1 amide bonds. The van der Waals surface area contributed by atoms with E-state index in [4.69, 9.17) is 16.3 Å². The highest BCUT2D eigenvalue weighted by Crippen LogP contribution is 2.24. The van der Waals surface area contributed by atoms with E-state index in [0.717, 1.165) is 0 Å². The Kier molecular flexibility index (Phi) is 5.15. The van der Waals surface area contributed by atoms with E-state index in [9.17, 15) is 13.2 Å². The zero-order chi connectivity index (χ0) is 17.3. The molecule has 2 heterocycles. The van der Waals surface area contributed by atoms with Crippen molar-refractivity contribution in [2.45, 2.75) is 49.5 Å². The predicted octanol–water partition coefficient (Wildman–Crippen LogP) is 2.30. The minimum Gasteiger partial charge on any atom is -0.444 e. The van der Waals surface area contributed by atoms with Crippen LogP contribution >= 0.6 is 11.6 Å². The molecule has 0 N–H and O–H groups in total. The monoisotopic (exact) mass is 361 g/mol. The zero-order valence-corrected chi connectivity index (χ0v) is 14.9. The van der Waals surface area contributed by atoms with Crippen LogP contribution in [0.25, 0.3) is 0 Å². The maximum atomic E-state index is 12.7. The lowest BCUT2D eigenvalue weighted by Gasteiger charge is -2.33. The van der Waals surface area contributed by atoms with Crippen molar-refractivity contribution in [1.29, 1.82) is 0 Å². The van der Waals surface area contributed by atoms with Gasteiger partial charge in [-0.3, -0.25) is 0 Å². The van der Waals surface area contributed by atoms with Gasteiger partial charge in [-0.05, 0) is 51.3 Å². The van der Waals surface area contributed by atoms with E-state index in [1.165, 1.54) is 17.2 Å². The molecule has 0 radical (unpaired) electrons. The molecule has 1 fully saturated rings. The fraction of sp³-hybridized carbons (Fsp3) is 0.643. The van der Waals surface area contributed by atoms with Crippen molar-refractivity contribution in [3.05, 3.63) is 17.5 Å². The Morgan fingerprint density at radius 3 is 2.74 bits per heavy atom. The second-order valence-corrected chi connectivity index (χ2v) is 8.91. The van der Waals surface area contributed by atoms with Gasteiger partial charge in [-0.15, -0.1) is 0 Å². The summed E-state index contributed by atoms with van der Waals surface area (Å²) in [6.07, 6.45) is 1.85. The van der Waals surface area contributed by atoms with Crippen LogP contribution in [0, 0.1) is 0 Å². The number of nitrogens with zero attached hydrogens (tertiary/aromatic N) is 3.